The first-order chi connectivity index (χ1) is 22.1. The van der Waals surface area contributed by atoms with Gasteiger partial charge in [-0.05, 0) is 73.6 Å². The van der Waals surface area contributed by atoms with Crippen LogP contribution in [0.2, 0.25) is 0 Å². The van der Waals surface area contributed by atoms with Crippen LogP contribution >= 0.6 is 0 Å². The van der Waals surface area contributed by atoms with Crippen LogP contribution in [-0.2, 0) is 42.9 Å². The SMILES string of the molecule is CC(=O)NCCCCC(NNC(=O)CCOCCOCCOCCN)C(=O)OC(C)(C)C.CC(C)(C)OC(=O)NCCCCCC=O. The molecule has 0 aliphatic rings. The molecule has 276 valence electrons. The highest BCUT2D eigenvalue weighted by molar-refractivity contribution is 5.78. The van der Waals surface area contributed by atoms with E-state index in [2.05, 4.69) is 21.5 Å². The molecule has 0 radical (unpaired) electrons. The average Bonchev–Trinajstić information content (AvgIpc) is 2.95. The molecule has 0 saturated heterocycles. The first-order valence-electron chi connectivity index (χ1n) is 16.5. The van der Waals surface area contributed by atoms with Gasteiger partial charge in [-0.2, -0.15) is 0 Å². The van der Waals surface area contributed by atoms with Crippen molar-refractivity contribution in [1.82, 2.24) is 21.5 Å². The number of alkyl carbamates (subject to hydrolysis) is 1. The van der Waals surface area contributed by atoms with Crippen molar-refractivity contribution in [2.45, 2.75) is 117 Å². The summed E-state index contributed by atoms with van der Waals surface area (Å²) in [6, 6.07) is -0.689. The van der Waals surface area contributed by atoms with Crippen molar-refractivity contribution in [1.29, 1.82) is 0 Å². The van der Waals surface area contributed by atoms with Crippen LogP contribution in [0.3, 0.4) is 0 Å². The highest BCUT2D eigenvalue weighted by Gasteiger charge is 2.25. The van der Waals surface area contributed by atoms with Crippen LogP contribution in [0.4, 0.5) is 4.79 Å². The molecular weight excluding hydrogens is 614 g/mol. The van der Waals surface area contributed by atoms with Gasteiger partial charge in [-0.15, -0.1) is 0 Å². The molecule has 47 heavy (non-hydrogen) atoms. The maximum atomic E-state index is 12.4. The fourth-order valence-corrected chi connectivity index (χ4v) is 3.41. The van der Waals surface area contributed by atoms with Crippen molar-refractivity contribution in [2.75, 3.05) is 59.3 Å². The second kappa shape index (κ2) is 29.3. The fraction of sp³-hybridized carbons (Fsp3) is 0.844. The third-order valence-electron chi connectivity index (χ3n) is 5.52. The summed E-state index contributed by atoms with van der Waals surface area (Å²) < 4.78 is 26.3. The summed E-state index contributed by atoms with van der Waals surface area (Å²) in [7, 11) is 0. The van der Waals surface area contributed by atoms with Crippen molar-refractivity contribution in [2.24, 2.45) is 5.73 Å². The molecule has 0 fully saturated rings. The number of ether oxygens (including phenoxy) is 5. The zero-order valence-corrected chi connectivity index (χ0v) is 29.8. The lowest BCUT2D eigenvalue weighted by Gasteiger charge is -2.24. The molecule has 0 aromatic rings. The lowest BCUT2D eigenvalue weighted by atomic mass is 10.1. The lowest BCUT2D eigenvalue weighted by molar-refractivity contribution is -0.158. The van der Waals surface area contributed by atoms with Crippen molar-refractivity contribution in [3.63, 3.8) is 0 Å². The highest BCUT2D eigenvalue weighted by atomic mass is 16.6. The van der Waals surface area contributed by atoms with Gasteiger partial charge in [0.25, 0.3) is 0 Å². The van der Waals surface area contributed by atoms with Gasteiger partial charge in [0.2, 0.25) is 11.8 Å². The molecule has 15 heteroatoms. The van der Waals surface area contributed by atoms with Crippen molar-refractivity contribution >= 4 is 30.2 Å². The van der Waals surface area contributed by atoms with E-state index in [0.717, 1.165) is 25.5 Å². The Labute approximate surface area is 281 Å². The largest absolute Gasteiger partial charge is 0.459 e. The molecule has 0 aliphatic carbocycles. The minimum absolute atomic E-state index is 0.0932. The monoisotopic (exact) mass is 677 g/mol. The second-order valence-corrected chi connectivity index (χ2v) is 12.6. The number of nitrogens with two attached hydrogens (primary N) is 1. The second-order valence-electron chi connectivity index (χ2n) is 12.6. The number of rotatable bonds is 25. The Hall–Kier alpha value is -2.85. The molecule has 0 spiro atoms. The zero-order chi connectivity index (χ0) is 36.0. The predicted octanol–water partition coefficient (Wildman–Crippen LogP) is 2.29. The highest BCUT2D eigenvalue weighted by Crippen LogP contribution is 2.11. The molecular formula is C32H63N5O10. The molecule has 0 aromatic heterocycles. The van der Waals surface area contributed by atoms with E-state index in [4.69, 9.17) is 29.4 Å². The number of hydrogen-bond acceptors (Lipinski definition) is 12. The van der Waals surface area contributed by atoms with E-state index in [0.29, 0.717) is 78.4 Å². The van der Waals surface area contributed by atoms with Crippen LogP contribution in [0.1, 0.15) is 99.8 Å². The van der Waals surface area contributed by atoms with E-state index >= 15 is 0 Å². The Morgan fingerprint density at radius 3 is 1.83 bits per heavy atom. The number of carbonyl (C=O) groups is 5. The topological polar surface area (TPSA) is 206 Å². The molecule has 0 bridgehead atoms. The fourth-order valence-electron chi connectivity index (χ4n) is 3.41. The van der Waals surface area contributed by atoms with Crippen LogP contribution in [0.5, 0.6) is 0 Å². The molecule has 6 N–H and O–H groups in total. The molecule has 0 aliphatic heterocycles. The molecule has 0 heterocycles. The number of amides is 3. The van der Waals surface area contributed by atoms with Gasteiger partial charge in [0.1, 0.15) is 23.5 Å². The first-order valence-corrected chi connectivity index (χ1v) is 16.5. The normalized spacial score (nSPS) is 11.8. The van der Waals surface area contributed by atoms with Gasteiger partial charge in [0.15, 0.2) is 0 Å². The third kappa shape index (κ3) is 37.5. The minimum Gasteiger partial charge on any atom is -0.459 e. The number of aldehydes is 1. The quantitative estimate of drug-likeness (QED) is 0.0409. The Kier molecular flexibility index (Phi) is 28.8. The van der Waals surface area contributed by atoms with E-state index in [1.165, 1.54) is 6.92 Å². The Bertz CT molecular complexity index is 847. The van der Waals surface area contributed by atoms with Crippen LogP contribution in [0.15, 0.2) is 0 Å². The first kappa shape index (κ1) is 46.3. The predicted molar refractivity (Wildman–Crippen MR) is 178 cm³/mol. The Balaban J connectivity index is 0. The van der Waals surface area contributed by atoms with E-state index in [9.17, 15) is 24.0 Å². The van der Waals surface area contributed by atoms with Crippen LogP contribution in [0.25, 0.3) is 0 Å². The van der Waals surface area contributed by atoms with Gasteiger partial charge in [0, 0.05) is 33.0 Å². The summed E-state index contributed by atoms with van der Waals surface area (Å²) in [5.41, 5.74) is 9.54. The maximum Gasteiger partial charge on any atom is 0.407 e. The van der Waals surface area contributed by atoms with Crippen LogP contribution in [-0.4, -0.2) is 107 Å². The summed E-state index contributed by atoms with van der Waals surface area (Å²) in [6.07, 6.45) is 5.84. The van der Waals surface area contributed by atoms with Gasteiger partial charge in [0.05, 0.1) is 46.1 Å². The molecule has 3 amide bonds. The minimum atomic E-state index is -0.689. The van der Waals surface area contributed by atoms with Gasteiger partial charge in [-0.1, -0.05) is 6.42 Å². The number of hydrogen-bond donors (Lipinski definition) is 5. The Morgan fingerprint density at radius 1 is 0.723 bits per heavy atom. The summed E-state index contributed by atoms with van der Waals surface area (Å²) in [6.45, 7) is 16.4. The maximum absolute atomic E-state index is 12.4. The molecule has 0 aromatic carbocycles. The summed E-state index contributed by atoms with van der Waals surface area (Å²) >= 11 is 0. The van der Waals surface area contributed by atoms with Gasteiger partial charge >= 0.3 is 12.1 Å². The lowest BCUT2D eigenvalue weighted by Crippen LogP contribution is -2.50. The average molecular weight is 678 g/mol. The molecule has 0 saturated carbocycles. The molecule has 15 nitrogen and oxygen atoms in total. The van der Waals surface area contributed by atoms with Crippen LogP contribution < -0.4 is 27.2 Å². The van der Waals surface area contributed by atoms with E-state index in [1.807, 2.05) is 20.8 Å². The molecule has 0 rings (SSSR count). The molecule has 1 unspecified atom stereocenters. The summed E-state index contributed by atoms with van der Waals surface area (Å²) in [4.78, 5) is 56.5. The zero-order valence-electron chi connectivity index (χ0n) is 29.8. The Morgan fingerprint density at radius 2 is 1.28 bits per heavy atom. The van der Waals surface area contributed by atoms with Crippen molar-refractivity contribution in [3.8, 4) is 0 Å². The van der Waals surface area contributed by atoms with E-state index in [1.54, 1.807) is 20.8 Å². The van der Waals surface area contributed by atoms with Crippen LogP contribution in [0, 0.1) is 0 Å². The van der Waals surface area contributed by atoms with E-state index < -0.39 is 23.2 Å². The van der Waals surface area contributed by atoms with Crippen molar-refractivity contribution in [3.05, 3.63) is 0 Å². The van der Waals surface area contributed by atoms with Gasteiger partial charge in [-0.25, -0.2) is 10.2 Å². The standard InChI is InChI=1S/C21H42N4O7.C11H21NO3/c1-17(26)23-10-6-5-7-18(20(28)32-21(2,3)4)24-25-19(27)8-11-29-13-15-31-16-14-30-12-9-22;1-11(2,3)15-10(14)12-8-6-4-5-7-9-13/h18,24H,5-16,22H2,1-4H3,(H,23,26)(H,25,27);9H,4-8H2,1-3H3,(H,12,14). The summed E-state index contributed by atoms with van der Waals surface area (Å²) in [5.74, 6) is -0.835. The smallest absolute Gasteiger partial charge is 0.407 e. The third-order valence-corrected chi connectivity index (χ3v) is 5.52. The number of unbranched alkanes of at least 4 members (excludes halogenated alkanes) is 4. The number of hydrazine groups is 1. The van der Waals surface area contributed by atoms with Crippen molar-refractivity contribution < 1.29 is 47.7 Å². The number of esters is 1. The number of carbonyl (C=O) groups excluding carboxylic acids is 5. The molecule has 1 atom stereocenters. The van der Waals surface area contributed by atoms with Gasteiger partial charge < -0.3 is 44.8 Å². The van der Waals surface area contributed by atoms with E-state index in [-0.39, 0.29) is 30.9 Å². The van der Waals surface area contributed by atoms with Gasteiger partial charge in [-0.3, -0.25) is 19.8 Å². The summed E-state index contributed by atoms with van der Waals surface area (Å²) in [5, 5.41) is 5.38. The number of nitrogens with one attached hydrogen (secondary N) is 4.